The van der Waals surface area contributed by atoms with Crippen molar-refractivity contribution in [1.29, 1.82) is 0 Å². The highest BCUT2D eigenvalue weighted by atomic mass is 16.4. The molecule has 7 heteroatoms. The molecule has 0 aliphatic carbocycles. The molecule has 0 aromatic rings. The number of amides is 3. The van der Waals surface area contributed by atoms with Crippen molar-refractivity contribution < 1.29 is 24.3 Å². The van der Waals surface area contributed by atoms with Crippen molar-refractivity contribution in [2.45, 2.75) is 6.04 Å². The molecule has 1 atom stereocenters. The fourth-order valence-electron chi connectivity index (χ4n) is 0.725. The van der Waals surface area contributed by atoms with Gasteiger partial charge in [-0.3, -0.25) is 14.9 Å². The van der Waals surface area contributed by atoms with Gasteiger partial charge in [-0.05, 0) is 0 Å². The van der Waals surface area contributed by atoms with E-state index in [9.17, 15) is 19.2 Å². The van der Waals surface area contributed by atoms with E-state index in [2.05, 4.69) is 0 Å². The fraction of sp³-hybridized carbons (Fsp3) is 0.200. The summed E-state index contributed by atoms with van der Waals surface area (Å²) in [6.45, 7) is 0. The molecule has 1 aliphatic heterocycles. The number of hydrogen-bond donors (Lipinski definition) is 3. The van der Waals surface area contributed by atoms with Crippen molar-refractivity contribution in [1.82, 2.24) is 10.6 Å². The molecule has 0 saturated carbocycles. The van der Waals surface area contributed by atoms with Gasteiger partial charge in [-0.25, -0.2) is 9.59 Å². The van der Waals surface area contributed by atoms with E-state index >= 15 is 0 Å². The Hall–Kier alpha value is -1.92. The Kier molecular flexibility index (Phi) is 1.78. The average molecular weight is 172 g/mol. The second-order valence-corrected chi connectivity index (χ2v) is 2.07. The van der Waals surface area contributed by atoms with Gasteiger partial charge >= 0.3 is 12.0 Å². The van der Waals surface area contributed by atoms with Crippen LogP contribution in [0, 0.1) is 0 Å². The van der Waals surface area contributed by atoms with Crippen LogP contribution in [0.5, 0.6) is 0 Å². The van der Waals surface area contributed by atoms with Crippen LogP contribution in [-0.2, 0) is 14.4 Å². The van der Waals surface area contributed by atoms with Crippen LogP contribution in [-0.4, -0.2) is 34.8 Å². The highest BCUT2D eigenvalue weighted by molar-refractivity contribution is 6.41. The van der Waals surface area contributed by atoms with Crippen molar-refractivity contribution in [3.05, 3.63) is 0 Å². The van der Waals surface area contributed by atoms with Crippen molar-refractivity contribution in [2.24, 2.45) is 0 Å². The molecule has 0 bridgehead atoms. The number of imide groups is 1. The average Bonchev–Trinajstić information content (AvgIpc) is 2.28. The first-order valence-electron chi connectivity index (χ1n) is 2.91. The maximum Gasteiger partial charge on any atom is 0.375 e. The summed E-state index contributed by atoms with van der Waals surface area (Å²) < 4.78 is 0. The van der Waals surface area contributed by atoms with Crippen LogP contribution in [0.1, 0.15) is 0 Å². The van der Waals surface area contributed by atoms with Crippen LogP contribution >= 0.6 is 0 Å². The SMILES string of the molecule is O=C1NC(=O)C(C(=O)C(=O)O)N1. The lowest BCUT2D eigenvalue weighted by atomic mass is 10.2. The van der Waals surface area contributed by atoms with E-state index in [0.29, 0.717) is 0 Å². The van der Waals surface area contributed by atoms with Gasteiger partial charge in [0.25, 0.3) is 11.7 Å². The van der Waals surface area contributed by atoms with Crippen LogP contribution in [0.4, 0.5) is 4.79 Å². The number of carboxylic acid groups (broad SMARTS) is 1. The van der Waals surface area contributed by atoms with Gasteiger partial charge in [0.05, 0.1) is 0 Å². The first kappa shape index (κ1) is 8.18. The normalized spacial score (nSPS) is 21.5. The molecule has 1 heterocycles. The van der Waals surface area contributed by atoms with Gasteiger partial charge in [-0.15, -0.1) is 0 Å². The standard InChI is InChI=1S/C5H4N2O5/c8-2(4(10)11)1-3(9)7-5(12)6-1/h1H,(H,10,11)(H2,6,7,9,12). The van der Waals surface area contributed by atoms with Crippen LogP contribution in [0.2, 0.25) is 0 Å². The summed E-state index contributed by atoms with van der Waals surface area (Å²) in [5.74, 6) is -4.04. The van der Waals surface area contributed by atoms with Gasteiger partial charge in [0.1, 0.15) is 0 Å². The minimum absolute atomic E-state index is 0.861. The number of Topliss-reactive ketones (excluding diaryl/α,β-unsaturated/α-hetero) is 1. The summed E-state index contributed by atoms with van der Waals surface area (Å²) in [6, 6.07) is -2.45. The number of carbonyl (C=O) groups excluding carboxylic acids is 3. The molecule has 0 aromatic heterocycles. The molecule has 7 nitrogen and oxygen atoms in total. The Balaban J connectivity index is 2.77. The van der Waals surface area contributed by atoms with Crippen LogP contribution in [0.15, 0.2) is 0 Å². The summed E-state index contributed by atoms with van der Waals surface area (Å²) in [5, 5.41) is 11.7. The molecule has 1 rings (SSSR count). The van der Waals surface area contributed by atoms with Crippen molar-refractivity contribution in [3.63, 3.8) is 0 Å². The van der Waals surface area contributed by atoms with E-state index in [1.165, 1.54) is 0 Å². The Morgan fingerprint density at radius 2 is 1.92 bits per heavy atom. The number of hydrogen-bond acceptors (Lipinski definition) is 4. The predicted octanol–water partition coefficient (Wildman–Crippen LogP) is -2.15. The van der Waals surface area contributed by atoms with Crippen molar-refractivity contribution in [3.8, 4) is 0 Å². The first-order chi connectivity index (χ1) is 5.52. The Labute approximate surface area is 65.7 Å². The second-order valence-electron chi connectivity index (χ2n) is 2.07. The Morgan fingerprint density at radius 1 is 1.33 bits per heavy atom. The third kappa shape index (κ3) is 1.24. The molecule has 0 radical (unpaired) electrons. The minimum atomic E-state index is -1.75. The van der Waals surface area contributed by atoms with Gasteiger partial charge in [-0.1, -0.05) is 0 Å². The highest BCUT2D eigenvalue weighted by Crippen LogP contribution is 1.94. The number of ketones is 1. The maximum absolute atomic E-state index is 10.7. The molecule has 1 saturated heterocycles. The third-order valence-electron chi connectivity index (χ3n) is 1.25. The molecule has 64 valence electrons. The Morgan fingerprint density at radius 3 is 2.25 bits per heavy atom. The van der Waals surface area contributed by atoms with Gasteiger partial charge in [-0.2, -0.15) is 0 Å². The largest absolute Gasteiger partial charge is 0.475 e. The molecule has 1 fully saturated rings. The van der Waals surface area contributed by atoms with Crippen LogP contribution in [0.3, 0.4) is 0 Å². The zero-order chi connectivity index (χ0) is 9.30. The minimum Gasteiger partial charge on any atom is -0.475 e. The number of carbonyl (C=O) groups is 4. The lowest BCUT2D eigenvalue weighted by Crippen LogP contribution is -2.41. The van der Waals surface area contributed by atoms with Gasteiger partial charge in [0.2, 0.25) is 0 Å². The highest BCUT2D eigenvalue weighted by Gasteiger charge is 2.38. The summed E-state index contributed by atoms with van der Waals surface area (Å²) in [4.78, 5) is 41.7. The molecule has 1 aliphatic rings. The topological polar surface area (TPSA) is 113 Å². The second kappa shape index (κ2) is 2.61. The maximum atomic E-state index is 10.7. The van der Waals surface area contributed by atoms with E-state index in [1.54, 1.807) is 5.32 Å². The zero-order valence-electron chi connectivity index (χ0n) is 5.66. The predicted molar refractivity (Wildman–Crippen MR) is 33.1 cm³/mol. The first-order valence-corrected chi connectivity index (χ1v) is 2.91. The van der Waals surface area contributed by atoms with Crippen molar-refractivity contribution >= 4 is 23.7 Å². The van der Waals surface area contributed by atoms with Gasteiger partial charge in [0.15, 0.2) is 6.04 Å². The number of carboxylic acids is 1. The monoisotopic (exact) mass is 172 g/mol. The van der Waals surface area contributed by atoms with E-state index < -0.39 is 29.7 Å². The van der Waals surface area contributed by atoms with Crippen LogP contribution in [0.25, 0.3) is 0 Å². The van der Waals surface area contributed by atoms with Crippen molar-refractivity contribution in [2.75, 3.05) is 0 Å². The summed E-state index contributed by atoms with van der Waals surface area (Å²) in [6.07, 6.45) is 0. The van der Waals surface area contributed by atoms with Gasteiger partial charge in [0, 0.05) is 0 Å². The van der Waals surface area contributed by atoms with Crippen LogP contribution < -0.4 is 10.6 Å². The van der Waals surface area contributed by atoms with E-state index in [-0.39, 0.29) is 0 Å². The molecular weight excluding hydrogens is 168 g/mol. The molecular formula is C5H4N2O5. The molecule has 0 spiro atoms. The van der Waals surface area contributed by atoms with E-state index in [1.807, 2.05) is 5.32 Å². The van der Waals surface area contributed by atoms with Gasteiger partial charge < -0.3 is 10.4 Å². The van der Waals surface area contributed by atoms with E-state index in [0.717, 1.165) is 0 Å². The van der Waals surface area contributed by atoms with E-state index in [4.69, 9.17) is 5.11 Å². The summed E-state index contributed by atoms with van der Waals surface area (Å²) in [7, 11) is 0. The molecule has 0 aromatic carbocycles. The lowest BCUT2D eigenvalue weighted by Gasteiger charge is -1.99. The molecule has 3 N–H and O–H groups in total. The third-order valence-corrected chi connectivity index (χ3v) is 1.25. The number of aliphatic carboxylic acids is 1. The number of nitrogens with one attached hydrogen (secondary N) is 2. The lowest BCUT2D eigenvalue weighted by molar-refractivity contribution is -0.151. The Bertz CT molecular complexity index is 284. The molecule has 3 amide bonds. The molecule has 1 unspecified atom stereocenters. The quantitative estimate of drug-likeness (QED) is 0.249. The summed E-state index contributed by atoms with van der Waals surface area (Å²) in [5.41, 5.74) is 0. The smallest absolute Gasteiger partial charge is 0.375 e. The molecule has 12 heavy (non-hydrogen) atoms. The zero-order valence-corrected chi connectivity index (χ0v) is 5.66. The number of urea groups is 1. The summed E-state index contributed by atoms with van der Waals surface area (Å²) >= 11 is 0. The number of rotatable bonds is 2. The fourth-order valence-corrected chi connectivity index (χ4v) is 0.725.